The summed E-state index contributed by atoms with van der Waals surface area (Å²) >= 11 is 0. The molecule has 1 aromatic rings. The fourth-order valence-corrected chi connectivity index (χ4v) is 1.37. The summed E-state index contributed by atoms with van der Waals surface area (Å²) in [5.74, 6) is 0. The summed E-state index contributed by atoms with van der Waals surface area (Å²) < 4.78 is 0. The van der Waals surface area contributed by atoms with Gasteiger partial charge in [0.15, 0.2) is 5.69 Å². The number of anilines is 2. The van der Waals surface area contributed by atoms with Crippen molar-refractivity contribution >= 4 is 17.1 Å². The zero-order chi connectivity index (χ0) is 10.9. The van der Waals surface area contributed by atoms with E-state index in [9.17, 15) is 0 Å². The van der Waals surface area contributed by atoms with Gasteiger partial charge in [0.25, 0.3) is 0 Å². The van der Waals surface area contributed by atoms with Crippen LogP contribution in [0.15, 0.2) is 18.2 Å². The van der Waals surface area contributed by atoms with Gasteiger partial charge in [0.1, 0.15) is 5.54 Å². The SMILES string of the molecule is [C-]#[N+]c1ccc(N)c(NC2(C#N)CC2)c1. The van der Waals surface area contributed by atoms with Crippen LogP contribution in [0.5, 0.6) is 0 Å². The van der Waals surface area contributed by atoms with Crippen LogP contribution < -0.4 is 11.1 Å². The fraction of sp³-hybridized carbons (Fsp3) is 0.273. The first kappa shape index (κ1) is 9.36. The van der Waals surface area contributed by atoms with Crippen LogP contribution in [-0.2, 0) is 0 Å². The molecule has 2 rings (SSSR count). The Balaban J connectivity index is 2.29. The van der Waals surface area contributed by atoms with Gasteiger partial charge < -0.3 is 11.1 Å². The lowest BCUT2D eigenvalue weighted by atomic mass is 10.2. The maximum Gasteiger partial charge on any atom is 0.189 e. The van der Waals surface area contributed by atoms with Gasteiger partial charge in [-0.05, 0) is 25.0 Å². The Kier molecular flexibility index (Phi) is 1.98. The minimum atomic E-state index is -0.450. The van der Waals surface area contributed by atoms with Gasteiger partial charge in [-0.2, -0.15) is 5.26 Å². The summed E-state index contributed by atoms with van der Waals surface area (Å²) in [6, 6.07) is 7.25. The third-order valence-electron chi connectivity index (χ3n) is 2.50. The van der Waals surface area contributed by atoms with Gasteiger partial charge in [-0.25, -0.2) is 4.85 Å². The van der Waals surface area contributed by atoms with Crippen molar-refractivity contribution in [3.8, 4) is 6.07 Å². The van der Waals surface area contributed by atoms with Gasteiger partial charge in [0, 0.05) is 5.69 Å². The lowest BCUT2D eigenvalue weighted by Gasteiger charge is -2.13. The van der Waals surface area contributed by atoms with E-state index in [1.54, 1.807) is 18.2 Å². The van der Waals surface area contributed by atoms with Crippen LogP contribution in [0, 0.1) is 17.9 Å². The lowest BCUT2D eigenvalue weighted by Crippen LogP contribution is -2.19. The van der Waals surface area contributed by atoms with E-state index in [-0.39, 0.29) is 0 Å². The summed E-state index contributed by atoms with van der Waals surface area (Å²) in [5.41, 5.74) is 7.09. The zero-order valence-corrected chi connectivity index (χ0v) is 8.12. The maximum absolute atomic E-state index is 8.92. The quantitative estimate of drug-likeness (QED) is 0.566. The topological polar surface area (TPSA) is 66.2 Å². The van der Waals surface area contributed by atoms with Crippen LogP contribution in [0.2, 0.25) is 0 Å². The highest BCUT2D eigenvalue weighted by molar-refractivity contribution is 5.73. The van der Waals surface area contributed by atoms with Crippen molar-refractivity contribution in [1.29, 1.82) is 5.26 Å². The number of nitrogens with zero attached hydrogens (tertiary/aromatic N) is 2. The van der Waals surface area contributed by atoms with Crippen molar-refractivity contribution in [3.05, 3.63) is 29.6 Å². The number of nitrogens with one attached hydrogen (secondary N) is 1. The molecule has 0 radical (unpaired) electrons. The Morgan fingerprint density at radius 3 is 2.80 bits per heavy atom. The third-order valence-corrected chi connectivity index (χ3v) is 2.50. The van der Waals surface area contributed by atoms with Crippen molar-refractivity contribution in [2.75, 3.05) is 11.1 Å². The van der Waals surface area contributed by atoms with E-state index in [2.05, 4.69) is 16.2 Å². The fourth-order valence-electron chi connectivity index (χ4n) is 1.37. The van der Waals surface area contributed by atoms with Gasteiger partial charge in [-0.1, -0.05) is 6.07 Å². The van der Waals surface area contributed by atoms with Crippen LogP contribution in [-0.4, -0.2) is 5.54 Å². The van der Waals surface area contributed by atoms with Gasteiger partial charge in [0.2, 0.25) is 0 Å². The first-order valence-corrected chi connectivity index (χ1v) is 4.65. The predicted octanol–water partition coefficient (Wildman–Crippen LogP) is 2.29. The standard InChI is InChI=1S/C11H10N4/c1-14-8-2-3-9(13)10(6-8)15-11(7-12)4-5-11/h2-3,6,15H,4-5,13H2. The normalized spacial score (nSPS) is 16.1. The second-order valence-corrected chi connectivity index (χ2v) is 3.70. The van der Waals surface area contributed by atoms with Crippen LogP contribution in [0.3, 0.4) is 0 Å². The van der Waals surface area contributed by atoms with Gasteiger partial charge in [-0.3, -0.25) is 0 Å². The predicted molar refractivity (Wildman–Crippen MR) is 58.3 cm³/mol. The van der Waals surface area contributed by atoms with E-state index in [0.29, 0.717) is 17.1 Å². The molecule has 0 saturated heterocycles. The zero-order valence-electron chi connectivity index (χ0n) is 8.12. The van der Waals surface area contributed by atoms with Gasteiger partial charge >= 0.3 is 0 Å². The summed E-state index contributed by atoms with van der Waals surface area (Å²) in [6.45, 7) is 6.89. The Morgan fingerprint density at radius 2 is 2.27 bits per heavy atom. The third kappa shape index (κ3) is 1.70. The molecule has 74 valence electrons. The highest BCUT2D eigenvalue weighted by Gasteiger charge is 2.43. The molecule has 1 saturated carbocycles. The highest BCUT2D eigenvalue weighted by atomic mass is 15.0. The Hall–Kier alpha value is -2.20. The average molecular weight is 198 g/mol. The van der Waals surface area contributed by atoms with E-state index < -0.39 is 5.54 Å². The summed E-state index contributed by atoms with van der Waals surface area (Å²) in [5, 5.41) is 12.0. The number of nitrogen functional groups attached to an aromatic ring is 1. The molecule has 3 N–H and O–H groups in total. The molecule has 0 aliphatic heterocycles. The summed E-state index contributed by atoms with van der Waals surface area (Å²) in [4.78, 5) is 3.32. The van der Waals surface area contributed by atoms with Crippen LogP contribution in [0.1, 0.15) is 12.8 Å². The van der Waals surface area contributed by atoms with Crippen molar-refractivity contribution in [3.63, 3.8) is 0 Å². The summed E-state index contributed by atoms with van der Waals surface area (Å²) in [7, 11) is 0. The molecule has 4 heteroatoms. The van der Waals surface area contributed by atoms with E-state index in [4.69, 9.17) is 17.6 Å². The molecule has 0 atom stereocenters. The van der Waals surface area contributed by atoms with Gasteiger partial charge in [0.05, 0.1) is 18.3 Å². The monoisotopic (exact) mass is 198 g/mol. The van der Waals surface area contributed by atoms with Gasteiger partial charge in [-0.15, -0.1) is 0 Å². The van der Waals surface area contributed by atoms with E-state index >= 15 is 0 Å². The molecule has 0 bridgehead atoms. The van der Waals surface area contributed by atoms with Crippen LogP contribution >= 0.6 is 0 Å². The van der Waals surface area contributed by atoms with Crippen molar-refractivity contribution in [2.24, 2.45) is 0 Å². The van der Waals surface area contributed by atoms with E-state index in [1.807, 2.05) is 0 Å². The van der Waals surface area contributed by atoms with Crippen LogP contribution in [0.25, 0.3) is 4.85 Å². The Labute approximate surface area is 88.1 Å². The average Bonchev–Trinajstić information content (AvgIpc) is 3.02. The Bertz CT molecular complexity index is 474. The molecule has 1 aliphatic carbocycles. The maximum atomic E-state index is 8.92. The molecular weight excluding hydrogens is 188 g/mol. The van der Waals surface area contributed by atoms with Crippen LogP contribution in [0.4, 0.5) is 17.1 Å². The van der Waals surface area contributed by atoms with Crippen molar-refractivity contribution in [2.45, 2.75) is 18.4 Å². The molecule has 0 heterocycles. The second kappa shape index (κ2) is 3.18. The number of nitriles is 1. The van der Waals surface area contributed by atoms with Crippen molar-refractivity contribution in [1.82, 2.24) is 0 Å². The number of nitrogens with two attached hydrogens (primary N) is 1. The van der Waals surface area contributed by atoms with Crippen molar-refractivity contribution < 1.29 is 0 Å². The second-order valence-electron chi connectivity index (χ2n) is 3.70. The minimum Gasteiger partial charge on any atom is -0.397 e. The molecule has 0 spiro atoms. The number of hydrogen-bond acceptors (Lipinski definition) is 3. The molecule has 0 unspecified atom stereocenters. The molecule has 1 fully saturated rings. The molecule has 0 amide bonds. The molecule has 1 aliphatic rings. The largest absolute Gasteiger partial charge is 0.397 e. The lowest BCUT2D eigenvalue weighted by molar-refractivity contribution is 0.947. The number of benzene rings is 1. The molecule has 15 heavy (non-hydrogen) atoms. The molecule has 1 aromatic carbocycles. The summed E-state index contributed by atoms with van der Waals surface area (Å²) in [6.07, 6.45) is 1.68. The minimum absolute atomic E-state index is 0.450. The smallest absolute Gasteiger partial charge is 0.189 e. The molecular formula is C11H10N4. The van der Waals surface area contributed by atoms with E-state index in [1.165, 1.54) is 0 Å². The number of rotatable bonds is 2. The molecule has 4 nitrogen and oxygen atoms in total. The number of hydrogen-bond donors (Lipinski definition) is 2. The molecule has 0 aromatic heterocycles. The highest BCUT2D eigenvalue weighted by Crippen LogP contribution is 2.40. The first-order chi connectivity index (χ1) is 7.19. The van der Waals surface area contributed by atoms with E-state index in [0.717, 1.165) is 12.8 Å². The Morgan fingerprint density at radius 1 is 1.53 bits per heavy atom. The first-order valence-electron chi connectivity index (χ1n) is 4.65.